The van der Waals surface area contributed by atoms with Gasteiger partial charge in [0.15, 0.2) is 0 Å². The SMILES string of the molecule is Cc1c(C(=O)Nc2ccc(C(F)(F)F)cc2)sc2nc(C(F)(F)F)ccc12. The lowest BCUT2D eigenvalue weighted by Gasteiger charge is -2.08. The van der Waals surface area contributed by atoms with Gasteiger partial charge in [0.1, 0.15) is 10.5 Å². The first kappa shape index (κ1) is 19.2. The summed E-state index contributed by atoms with van der Waals surface area (Å²) in [7, 11) is 0. The van der Waals surface area contributed by atoms with E-state index in [1.54, 1.807) is 6.92 Å². The molecule has 10 heteroatoms. The van der Waals surface area contributed by atoms with Crippen LogP contribution in [0.3, 0.4) is 0 Å². The smallest absolute Gasteiger partial charge is 0.321 e. The van der Waals surface area contributed by atoms with Gasteiger partial charge < -0.3 is 5.32 Å². The maximum atomic E-state index is 12.8. The van der Waals surface area contributed by atoms with Crippen molar-refractivity contribution in [2.45, 2.75) is 19.3 Å². The standard InChI is InChI=1S/C17H10F6N2OS/c1-8-11-6-7-12(17(21,22)23)25-15(11)27-13(8)14(26)24-10-4-2-9(3-5-10)16(18,19)20/h2-7H,1H3,(H,24,26). The minimum Gasteiger partial charge on any atom is -0.321 e. The molecule has 142 valence electrons. The van der Waals surface area contributed by atoms with Gasteiger partial charge in [0.25, 0.3) is 5.91 Å². The number of nitrogens with zero attached hydrogens (tertiary/aromatic N) is 1. The highest BCUT2D eigenvalue weighted by Gasteiger charge is 2.33. The molecule has 1 N–H and O–H groups in total. The van der Waals surface area contributed by atoms with Crippen molar-refractivity contribution < 1.29 is 31.1 Å². The van der Waals surface area contributed by atoms with Crippen LogP contribution in [0.1, 0.15) is 26.5 Å². The van der Waals surface area contributed by atoms with Crippen molar-refractivity contribution in [2.24, 2.45) is 0 Å². The quantitative estimate of drug-likeness (QED) is 0.541. The number of benzene rings is 1. The van der Waals surface area contributed by atoms with E-state index in [-0.39, 0.29) is 15.4 Å². The number of nitrogens with one attached hydrogen (secondary N) is 1. The third kappa shape index (κ3) is 3.90. The summed E-state index contributed by atoms with van der Waals surface area (Å²) in [6.07, 6.45) is -9.10. The molecular weight excluding hydrogens is 394 g/mol. The van der Waals surface area contributed by atoms with Gasteiger partial charge in [0.2, 0.25) is 0 Å². The number of pyridine rings is 1. The Kier molecular flexibility index (Phi) is 4.62. The molecule has 0 radical (unpaired) electrons. The molecule has 27 heavy (non-hydrogen) atoms. The summed E-state index contributed by atoms with van der Waals surface area (Å²) in [5.41, 5.74) is -1.34. The Labute approximate surface area is 152 Å². The Morgan fingerprint density at radius 3 is 2.15 bits per heavy atom. The number of carbonyl (C=O) groups excluding carboxylic acids is 1. The van der Waals surface area contributed by atoms with Crippen molar-refractivity contribution in [3.63, 3.8) is 0 Å². The van der Waals surface area contributed by atoms with E-state index in [2.05, 4.69) is 10.3 Å². The van der Waals surface area contributed by atoms with Crippen LogP contribution in [-0.2, 0) is 12.4 Å². The van der Waals surface area contributed by atoms with Gasteiger partial charge in [0, 0.05) is 11.1 Å². The predicted octanol–water partition coefficient (Wildman–Crippen LogP) is 5.89. The monoisotopic (exact) mass is 404 g/mol. The number of carbonyl (C=O) groups is 1. The fourth-order valence-electron chi connectivity index (χ4n) is 2.40. The Bertz CT molecular complexity index is 1010. The van der Waals surface area contributed by atoms with Crippen LogP contribution in [0.2, 0.25) is 0 Å². The molecule has 0 unspecified atom stereocenters. The number of hydrogen-bond acceptors (Lipinski definition) is 3. The predicted molar refractivity (Wildman–Crippen MR) is 88.8 cm³/mol. The molecule has 2 heterocycles. The summed E-state index contributed by atoms with van der Waals surface area (Å²) in [4.78, 5) is 16.1. The Hall–Kier alpha value is -2.62. The van der Waals surface area contributed by atoms with Crippen LogP contribution < -0.4 is 5.32 Å². The van der Waals surface area contributed by atoms with Crippen LogP contribution in [0.15, 0.2) is 36.4 Å². The number of fused-ring (bicyclic) bond motifs is 1. The van der Waals surface area contributed by atoms with Gasteiger partial charge in [-0.1, -0.05) is 0 Å². The first-order valence-corrected chi connectivity index (χ1v) is 8.24. The zero-order valence-electron chi connectivity index (χ0n) is 13.5. The molecule has 3 nitrogen and oxygen atoms in total. The highest BCUT2D eigenvalue weighted by Crippen LogP contribution is 2.35. The molecule has 0 bridgehead atoms. The summed E-state index contributed by atoms with van der Waals surface area (Å²) in [5, 5.41) is 2.85. The second kappa shape index (κ2) is 6.52. The second-order valence-corrected chi connectivity index (χ2v) is 6.63. The van der Waals surface area contributed by atoms with E-state index >= 15 is 0 Å². The number of amides is 1. The van der Waals surface area contributed by atoms with E-state index in [0.717, 1.165) is 41.7 Å². The molecule has 3 aromatic rings. The van der Waals surface area contributed by atoms with Gasteiger partial charge in [-0.15, -0.1) is 11.3 Å². The lowest BCUT2D eigenvalue weighted by molar-refractivity contribution is -0.141. The molecule has 0 atom stereocenters. The second-order valence-electron chi connectivity index (χ2n) is 5.63. The summed E-state index contributed by atoms with van der Waals surface area (Å²) in [6, 6.07) is 5.92. The molecule has 0 aliphatic rings. The van der Waals surface area contributed by atoms with Crippen molar-refractivity contribution in [1.82, 2.24) is 4.98 Å². The maximum absolute atomic E-state index is 12.8. The Balaban J connectivity index is 1.88. The molecule has 2 aromatic heterocycles. The average Bonchev–Trinajstić information content (AvgIpc) is 2.90. The number of aryl methyl sites for hydroxylation is 1. The van der Waals surface area contributed by atoms with E-state index in [4.69, 9.17) is 0 Å². The molecule has 0 fully saturated rings. The summed E-state index contributed by atoms with van der Waals surface area (Å²) in [6.45, 7) is 1.56. The fraction of sp³-hybridized carbons (Fsp3) is 0.176. The van der Waals surface area contributed by atoms with Crippen LogP contribution >= 0.6 is 11.3 Å². The molecule has 0 saturated heterocycles. The normalized spacial score (nSPS) is 12.4. The largest absolute Gasteiger partial charge is 0.433 e. The summed E-state index contributed by atoms with van der Waals surface area (Å²) in [5.74, 6) is -0.635. The number of thiophene rings is 1. The molecule has 1 amide bonds. The van der Waals surface area contributed by atoms with Gasteiger partial charge in [-0.05, 0) is 48.9 Å². The summed E-state index contributed by atoms with van der Waals surface area (Å²) < 4.78 is 76.0. The number of rotatable bonds is 2. The van der Waals surface area contributed by atoms with Gasteiger partial charge in [-0.25, -0.2) is 4.98 Å². The van der Waals surface area contributed by atoms with Crippen LogP contribution in [0.5, 0.6) is 0 Å². The Morgan fingerprint density at radius 1 is 0.963 bits per heavy atom. The molecule has 0 aliphatic carbocycles. The molecule has 0 aliphatic heterocycles. The lowest BCUT2D eigenvalue weighted by atomic mass is 10.1. The number of anilines is 1. The van der Waals surface area contributed by atoms with Gasteiger partial charge in [-0.2, -0.15) is 26.3 Å². The van der Waals surface area contributed by atoms with E-state index in [1.807, 2.05) is 0 Å². The average molecular weight is 404 g/mol. The van der Waals surface area contributed by atoms with E-state index in [1.165, 1.54) is 6.07 Å². The van der Waals surface area contributed by atoms with Crippen molar-refractivity contribution in [1.29, 1.82) is 0 Å². The highest BCUT2D eigenvalue weighted by atomic mass is 32.1. The third-order valence-electron chi connectivity index (χ3n) is 3.77. The molecule has 0 spiro atoms. The molecule has 3 rings (SSSR count). The first-order chi connectivity index (χ1) is 12.5. The fourth-order valence-corrected chi connectivity index (χ4v) is 3.48. The molecule has 0 saturated carbocycles. The third-order valence-corrected chi connectivity index (χ3v) is 4.97. The van der Waals surface area contributed by atoms with Gasteiger partial charge >= 0.3 is 12.4 Å². The van der Waals surface area contributed by atoms with Crippen LogP contribution in [0, 0.1) is 6.92 Å². The van der Waals surface area contributed by atoms with Crippen molar-refractivity contribution >= 4 is 33.1 Å². The van der Waals surface area contributed by atoms with Crippen LogP contribution in [0.25, 0.3) is 10.2 Å². The Morgan fingerprint density at radius 2 is 1.59 bits per heavy atom. The summed E-state index contributed by atoms with van der Waals surface area (Å²) >= 11 is 0.786. The van der Waals surface area contributed by atoms with E-state index in [9.17, 15) is 31.1 Å². The van der Waals surface area contributed by atoms with E-state index < -0.39 is 29.5 Å². The van der Waals surface area contributed by atoms with Gasteiger partial charge in [-0.3, -0.25) is 4.79 Å². The number of aromatic nitrogens is 1. The van der Waals surface area contributed by atoms with E-state index in [0.29, 0.717) is 10.9 Å². The number of alkyl halides is 6. The maximum Gasteiger partial charge on any atom is 0.433 e. The lowest BCUT2D eigenvalue weighted by Crippen LogP contribution is -2.12. The number of hydrogen-bond donors (Lipinski definition) is 1. The minimum atomic E-state index is -4.60. The zero-order valence-corrected chi connectivity index (χ0v) is 14.3. The number of halogens is 6. The molecule has 1 aromatic carbocycles. The zero-order chi connectivity index (χ0) is 20.0. The van der Waals surface area contributed by atoms with Crippen molar-refractivity contribution in [3.05, 3.63) is 58.1 Å². The molecular formula is C17H10F6N2OS. The first-order valence-electron chi connectivity index (χ1n) is 7.43. The minimum absolute atomic E-state index is 0.0555. The topological polar surface area (TPSA) is 42.0 Å². The van der Waals surface area contributed by atoms with Crippen molar-refractivity contribution in [2.75, 3.05) is 5.32 Å². The highest BCUT2D eigenvalue weighted by molar-refractivity contribution is 7.20. The van der Waals surface area contributed by atoms with Crippen LogP contribution in [-0.4, -0.2) is 10.9 Å². The van der Waals surface area contributed by atoms with Crippen molar-refractivity contribution in [3.8, 4) is 0 Å². The van der Waals surface area contributed by atoms with Crippen LogP contribution in [0.4, 0.5) is 32.0 Å². The van der Waals surface area contributed by atoms with Gasteiger partial charge in [0.05, 0.1) is 10.4 Å².